The van der Waals surface area contributed by atoms with Gasteiger partial charge in [-0.25, -0.2) is 4.79 Å². The van der Waals surface area contributed by atoms with Gasteiger partial charge in [-0.3, -0.25) is 14.7 Å². The largest absolute Gasteiger partial charge is 0.370 e. The summed E-state index contributed by atoms with van der Waals surface area (Å²) in [5.41, 5.74) is 9.09. The van der Waals surface area contributed by atoms with Crippen LogP contribution in [0.25, 0.3) is 0 Å². The molecule has 4 N–H and O–H groups in total. The topological polar surface area (TPSA) is 99.8 Å². The minimum Gasteiger partial charge on any atom is -0.370 e. The summed E-state index contributed by atoms with van der Waals surface area (Å²) in [6.07, 6.45) is 8.02. The molecule has 1 saturated heterocycles. The van der Waals surface area contributed by atoms with E-state index in [1.807, 2.05) is 12.1 Å². The van der Waals surface area contributed by atoms with Crippen LogP contribution in [-0.2, 0) is 17.6 Å². The SMILES string of the molecule is NC(=NCCN1C(=O)NC2(CCCC2)C1=O)Nc1cccc2c1CCCC2. The molecule has 0 aromatic heterocycles. The number of guanidine groups is 1. The smallest absolute Gasteiger partial charge is 0.325 e. The molecule has 0 atom stereocenters. The van der Waals surface area contributed by atoms with Crippen LogP contribution in [0.5, 0.6) is 0 Å². The molecule has 7 heteroatoms. The number of nitrogens with two attached hydrogens (primary N) is 1. The molecule has 7 nitrogen and oxygen atoms in total. The molecule has 1 aliphatic heterocycles. The van der Waals surface area contributed by atoms with Crippen LogP contribution in [0.1, 0.15) is 49.7 Å². The van der Waals surface area contributed by atoms with E-state index < -0.39 is 5.54 Å². The molecule has 3 aliphatic rings. The molecule has 1 heterocycles. The van der Waals surface area contributed by atoms with Crippen molar-refractivity contribution in [2.24, 2.45) is 10.7 Å². The third-order valence-electron chi connectivity index (χ3n) is 5.97. The van der Waals surface area contributed by atoms with Gasteiger partial charge in [0, 0.05) is 5.69 Å². The first kappa shape index (κ1) is 17.8. The fourth-order valence-electron chi connectivity index (χ4n) is 4.54. The molecule has 4 rings (SSSR count). The van der Waals surface area contributed by atoms with Gasteiger partial charge in [0.05, 0.1) is 13.1 Å². The molecule has 2 aliphatic carbocycles. The number of imide groups is 1. The third kappa shape index (κ3) is 3.38. The maximum Gasteiger partial charge on any atom is 0.325 e. The van der Waals surface area contributed by atoms with Crippen molar-refractivity contribution < 1.29 is 9.59 Å². The monoisotopic (exact) mass is 369 g/mol. The van der Waals surface area contributed by atoms with Crippen molar-refractivity contribution >= 4 is 23.6 Å². The van der Waals surface area contributed by atoms with E-state index in [1.165, 1.54) is 28.9 Å². The van der Waals surface area contributed by atoms with Gasteiger partial charge in [-0.05, 0) is 55.7 Å². The quantitative estimate of drug-likeness (QED) is 0.430. The number of rotatable bonds is 4. The number of nitrogens with zero attached hydrogens (tertiary/aromatic N) is 2. The Morgan fingerprint density at radius 1 is 1.19 bits per heavy atom. The van der Waals surface area contributed by atoms with E-state index in [4.69, 9.17) is 5.73 Å². The first-order valence-corrected chi connectivity index (χ1v) is 9.91. The normalized spacial score (nSPS) is 21.5. The Bertz CT molecular complexity index is 783. The molecule has 2 fully saturated rings. The molecule has 144 valence electrons. The van der Waals surface area contributed by atoms with Gasteiger partial charge in [-0.2, -0.15) is 0 Å². The minimum absolute atomic E-state index is 0.108. The first-order chi connectivity index (χ1) is 13.1. The molecule has 0 bridgehead atoms. The highest BCUT2D eigenvalue weighted by atomic mass is 16.2. The molecule has 3 amide bonds. The Labute approximate surface area is 159 Å². The second kappa shape index (κ2) is 7.21. The van der Waals surface area contributed by atoms with Crippen molar-refractivity contribution in [2.45, 2.75) is 56.9 Å². The number of aliphatic imine (C=N–C) groups is 1. The Morgan fingerprint density at radius 3 is 2.78 bits per heavy atom. The van der Waals surface area contributed by atoms with E-state index in [2.05, 4.69) is 21.7 Å². The number of anilines is 1. The Balaban J connectivity index is 1.36. The average molecular weight is 369 g/mol. The number of hydrogen-bond donors (Lipinski definition) is 3. The average Bonchev–Trinajstić information content (AvgIpc) is 3.22. The molecular weight excluding hydrogens is 342 g/mol. The number of benzene rings is 1. The van der Waals surface area contributed by atoms with Crippen molar-refractivity contribution in [3.05, 3.63) is 29.3 Å². The summed E-state index contributed by atoms with van der Waals surface area (Å²) in [7, 11) is 0. The summed E-state index contributed by atoms with van der Waals surface area (Å²) in [6.45, 7) is 0.546. The molecule has 0 unspecified atom stereocenters. The standard InChI is InChI=1S/C20H27N5O2/c21-18(23-16-9-5-7-14-6-1-2-8-15(14)16)22-12-13-25-17(26)20(24-19(25)27)10-3-4-11-20/h5,7,9H,1-4,6,8,10-13H2,(H,24,27)(H3,21,22,23). The molecule has 0 radical (unpaired) electrons. The Hall–Kier alpha value is -2.57. The number of amides is 3. The van der Waals surface area contributed by atoms with Gasteiger partial charge in [0.15, 0.2) is 5.96 Å². The van der Waals surface area contributed by atoms with Gasteiger partial charge >= 0.3 is 6.03 Å². The summed E-state index contributed by atoms with van der Waals surface area (Å²) >= 11 is 0. The van der Waals surface area contributed by atoms with Crippen molar-refractivity contribution in [1.29, 1.82) is 0 Å². The van der Waals surface area contributed by atoms with Crippen LogP contribution in [0.15, 0.2) is 23.2 Å². The number of carbonyl (C=O) groups is 2. The predicted molar refractivity (Wildman–Crippen MR) is 105 cm³/mol. The van der Waals surface area contributed by atoms with Crippen molar-refractivity contribution in [3.63, 3.8) is 0 Å². The third-order valence-corrected chi connectivity index (χ3v) is 5.97. The number of carbonyl (C=O) groups excluding carboxylic acids is 2. The molecular formula is C20H27N5O2. The van der Waals surface area contributed by atoms with E-state index in [0.29, 0.717) is 12.5 Å². The maximum absolute atomic E-state index is 12.6. The van der Waals surface area contributed by atoms with Crippen LogP contribution in [0.2, 0.25) is 0 Å². The molecule has 1 saturated carbocycles. The van der Waals surface area contributed by atoms with Crippen LogP contribution in [0, 0.1) is 0 Å². The lowest BCUT2D eigenvalue weighted by atomic mass is 9.90. The van der Waals surface area contributed by atoms with E-state index in [0.717, 1.165) is 44.2 Å². The van der Waals surface area contributed by atoms with Gasteiger partial charge in [0.25, 0.3) is 5.91 Å². The fourth-order valence-corrected chi connectivity index (χ4v) is 4.54. The van der Waals surface area contributed by atoms with E-state index in [1.54, 1.807) is 0 Å². The van der Waals surface area contributed by atoms with Gasteiger partial charge in [0.1, 0.15) is 5.54 Å². The van der Waals surface area contributed by atoms with Crippen LogP contribution in [0.3, 0.4) is 0 Å². The molecule has 1 spiro atoms. The molecule has 1 aromatic rings. The summed E-state index contributed by atoms with van der Waals surface area (Å²) in [6, 6.07) is 5.92. The van der Waals surface area contributed by atoms with Crippen LogP contribution in [-0.4, -0.2) is 41.4 Å². The highest BCUT2D eigenvalue weighted by Gasteiger charge is 2.52. The number of urea groups is 1. The van der Waals surface area contributed by atoms with Gasteiger partial charge in [-0.1, -0.05) is 25.0 Å². The number of fused-ring (bicyclic) bond motifs is 1. The number of nitrogens with one attached hydrogen (secondary N) is 2. The van der Waals surface area contributed by atoms with Crippen molar-refractivity contribution in [2.75, 3.05) is 18.4 Å². The van der Waals surface area contributed by atoms with E-state index >= 15 is 0 Å². The van der Waals surface area contributed by atoms with Crippen molar-refractivity contribution in [1.82, 2.24) is 10.2 Å². The Morgan fingerprint density at radius 2 is 1.96 bits per heavy atom. The highest BCUT2D eigenvalue weighted by Crippen LogP contribution is 2.34. The zero-order valence-corrected chi connectivity index (χ0v) is 15.6. The van der Waals surface area contributed by atoms with Crippen LogP contribution in [0.4, 0.5) is 10.5 Å². The number of hydrogen-bond acceptors (Lipinski definition) is 3. The second-order valence-electron chi connectivity index (χ2n) is 7.72. The zero-order chi connectivity index (χ0) is 18.9. The zero-order valence-electron chi connectivity index (χ0n) is 15.6. The summed E-state index contributed by atoms with van der Waals surface area (Å²) < 4.78 is 0. The highest BCUT2D eigenvalue weighted by molar-refractivity contribution is 6.07. The van der Waals surface area contributed by atoms with Crippen LogP contribution < -0.4 is 16.4 Å². The lowest BCUT2D eigenvalue weighted by molar-refractivity contribution is -0.131. The van der Waals surface area contributed by atoms with Gasteiger partial charge in [-0.15, -0.1) is 0 Å². The lowest BCUT2D eigenvalue weighted by Crippen LogP contribution is -2.44. The summed E-state index contributed by atoms with van der Waals surface area (Å²) in [5, 5.41) is 6.07. The number of aryl methyl sites for hydroxylation is 1. The minimum atomic E-state index is -0.659. The summed E-state index contributed by atoms with van der Waals surface area (Å²) in [5.74, 6) is 0.209. The second-order valence-corrected chi connectivity index (χ2v) is 7.72. The predicted octanol–water partition coefficient (Wildman–Crippen LogP) is 2.16. The van der Waals surface area contributed by atoms with Crippen LogP contribution >= 0.6 is 0 Å². The molecule has 27 heavy (non-hydrogen) atoms. The first-order valence-electron chi connectivity index (χ1n) is 9.91. The van der Waals surface area contributed by atoms with E-state index in [-0.39, 0.29) is 18.5 Å². The van der Waals surface area contributed by atoms with E-state index in [9.17, 15) is 9.59 Å². The van der Waals surface area contributed by atoms with Gasteiger partial charge < -0.3 is 16.4 Å². The molecule has 1 aromatic carbocycles. The van der Waals surface area contributed by atoms with Crippen molar-refractivity contribution in [3.8, 4) is 0 Å². The van der Waals surface area contributed by atoms with Gasteiger partial charge in [0.2, 0.25) is 0 Å². The fraction of sp³-hybridized carbons (Fsp3) is 0.550. The summed E-state index contributed by atoms with van der Waals surface area (Å²) in [4.78, 5) is 30.4. The Kier molecular flexibility index (Phi) is 4.76. The maximum atomic E-state index is 12.6. The lowest BCUT2D eigenvalue weighted by Gasteiger charge is -2.20.